The van der Waals surface area contributed by atoms with E-state index < -0.39 is 0 Å². The largest absolute Gasteiger partial charge is 0.370 e. The predicted octanol–water partition coefficient (Wildman–Crippen LogP) is 0.429. The molecular weight excluding hydrogens is 190 g/mol. The van der Waals surface area contributed by atoms with E-state index in [4.69, 9.17) is 5.73 Å². The van der Waals surface area contributed by atoms with Crippen LogP contribution in [0, 0.1) is 0 Å². The normalized spacial score (nSPS) is 19.7. The fourth-order valence-corrected chi connectivity index (χ4v) is 1.27. The van der Waals surface area contributed by atoms with Crippen molar-refractivity contribution in [3.05, 3.63) is 0 Å². The lowest BCUT2D eigenvalue weighted by Crippen LogP contribution is -2.48. The molecule has 1 aliphatic heterocycles. The zero-order valence-corrected chi connectivity index (χ0v) is 9.80. The summed E-state index contributed by atoms with van der Waals surface area (Å²) in [5, 5.41) is 6.19. The van der Waals surface area contributed by atoms with Gasteiger partial charge in [0, 0.05) is 6.54 Å². The molecule has 0 fully saturated rings. The average molecular weight is 211 g/mol. The Labute approximate surface area is 91.2 Å². The number of rotatable bonds is 3. The molecule has 86 valence electrons. The molecule has 0 atom stereocenters. The predicted molar refractivity (Wildman–Crippen MR) is 64.0 cm³/mol. The second-order valence-electron chi connectivity index (χ2n) is 4.42. The number of aliphatic imine (C=N–C) groups is 2. The lowest BCUT2D eigenvalue weighted by molar-refractivity contribution is 0.504. The summed E-state index contributed by atoms with van der Waals surface area (Å²) in [6.45, 7) is 7.85. The van der Waals surface area contributed by atoms with Crippen LogP contribution in [0.15, 0.2) is 9.98 Å². The van der Waals surface area contributed by atoms with Crippen LogP contribution in [-0.4, -0.2) is 30.5 Å². The molecule has 0 saturated carbocycles. The van der Waals surface area contributed by atoms with Gasteiger partial charge in [-0.05, 0) is 20.3 Å². The highest BCUT2D eigenvalue weighted by molar-refractivity contribution is 5.98. The molecule has 0 aliphatic carbocycles. The van der Waals surface area contributed by atoms with Gasteiger partial charge in [-0.15, -0.1) is 0 Å². The molecule has 15 heavy (non-hydrogen) atoms. The Balaban J connectivity index is 2.33. The summed E-state index contributed by atoms with van der Waals surface area (Å²) in [5.41, 5.74) is 5.72. The first-order chi connectivity index (χ1) is 7.03. The molecule has 1 aliphatic rings. The molecule has 0 amide bonds. The highest BCUT2D eigenvalue weighted by Gasteiger charge is 2.24. The van der Waals surface area contributed by atoms with Crippen molar-refractivity contribution < 1.29 is 0 Å². The highest BCUT2D eigenvalue weighted by Crippen LogP contribution is 2.07. The van der Waals surface area contributed by atoms with Gasteiger partial charge in [-0.25, -0.2) is 0 Å². The minimum atomic E-state index is 0.0199. The zero-order chi connectivity index (χ0) is 11.3. The third-order valence-corrected chi connectivity index (χ3v) is 2.13. The van der Waals surface area contributed by atoms with Gasteiger partial charge >= 0.3 is 0 Å². The lowest BCUT2D eigenvalue weighted by Gasteiger charge is -2.18. The Morgan fingerprint density at radius 2 is 2.40 bits per heavy atom. The molecule has 0 unspecified atom stereocenters. The second kappa shape index (κ2) is 5.00. The van der Waals surface area contributed by atoms with Crippen LogP contribution >= 0.6 is 0 Å². The van der Waals surface area contributed by atoms with E-state index in [1.807, 2.05) is 0 Å². The zero-order valence-electron chi connectivity index (χ0n) is 9.80. The number of guanidine groups is 2. The third kappa shape index (κ3) is 4.18. The van der Waals surface area contributed by atoms with E-state index in [-0.39, 0.29) is 5.54 Å². The maximum Gasteiger partial charge on any atom is 0.198 e. The second-order valence-corrected chi connectivity index (χ2v) is 4.42. The summed E-state index contributed by atoms with van der Waals surface area (Å²) in [6, 6.07) is 0. The molecular formula is C10H21N5. The van der Waals surface area contributed by atoms with Crippen LogP contribution in [0.2, 0.25) is 0 Å². The minimum absolute atomic E-state index is 0.0199. The Hall–Kier alpha value is -1.26. The SMILES string of the molecule is CCCCN=C(N)NC1=NCC(C)(C)N1. The van der Waals surface area contributed by atoms with Crippen LogP contribution in [-0.2, 0) is 0 Å². The molecule has 0 spiro atoms. The van der Waals surface area contributed by atoms with Crippen molar-refractivity contribution in [2.75, 3.05) is 13.1 Å². The Kier molecular flexibility index (Phi) is 3.94. The van der Waals surface area contributed by atoms with Gasteiger partial charge in [0.25, 0.3) is 0 Å². The van der Waals surface area contributed by atoms with Crippen LogP contribution < -0.4 is 16.4 Å². The summed E-state index contributed by atoms with van der Waals surface area (Å²) < 4.78 is 0. The minimum Gasteiger partial charge on any atom is -0.370 e. The van der Waals surface area contributed by atoms with Crippen LogP contribution in [0.4, 0.5) is 0 Å². The summed E-state index contributed by atoms with van der Waals surface area (Å²) in [4.78, 5) is 8.48. The van der Waals surface area contributed by atoms with E-state index in [1.165, 1.54) is 0 Å². The van der Waals surface area contributed by atoms with Crippen molar-refractivity contribution >= 4 is 11.9 Å². The molecule has 5 heteroatoms. The number of hydrogen-bond acceptors (Lipinski definition) is 3. The van der Waals surface area contributed by atoms with E-state index in [1.54, 1.807) is 0 Å². The maximum absolute atomic E-state index is 5.70. The molecule has 0 aromatic carbocycles. The molecule has 0 aromatic rings. The molecule has 1 heterocycles. The van der Waals surface area contributed by atoms with E-state index in [9.17, 15) is 0 Å². The number of hydrogen-bond donors (Lipinski definition) is 3. The number of nitrogens with one attached hydrogen (secondary N) is 2. The maximum atomic E-state index is 5.70. The van der Waals surface area contributed by atoms with Gasteiger partial charge in [0.05, 0.1) is 12.1 Å². The van der Waals surface area contributed by atoms with Gasteiger partial charge in [0.1, 0.15) is 0 Å². The monoisotopic (exact) mass is 211 g/mol. The fourth-order valence-electron chi connectivity index (χ4n) is 1.27. The molecule has 1 rings (SSSR count). The molecule has 0 saturated heterocycles. The average Bonchev–Trinajstić information content (AvgIpc) is 2.46. The van der Waals surface area contributed by atoms with Crippen molar-refractivity contribution in [1.29, 1.82) is 0 Å². The lowest BCUT2D eigenvalue weighted by atomic mass is 10.1. The van der Waals surface area contributed by atoms with Gasteiger partial charge in [-0.3, -0.25) is 15.3 Å². The quantitative estimate of drug-likeness (QED) is 0.360. The Morgan fingerprint density at radius 3 is 2.93 bits per heavy atom. The topological polar surface area (TPSA) is 74.8 Å². The third-order valence-electron chi connectivity index (χ3n) is 2.13. The number of nitrogens with two attached hydrogens (primary N) is 1. The Bertz CT molecular complexity index is 267. The van der Waals surface area contributed by atoms with Crippen molar-refractivity contribution in [3.8, 4) is 0 Å². The van der Waals surface area contributed by atoms with Crippen LogP contribution in [0.25, 0.3) is 0 Å². The van der Waals surface area contributed by atoms with E-state index in [0.29, 0.717) is 5.96 Å². The van der Waals surface area contributed by atoms with Gasteiger partial charge in [0.2, 0.25) is 0 Å². The van der Waals surface area contributed by atoms with Gasteiger partial charge in [0.15, 0.2) is 11.9 Å². The standard InChI is InChI=1S/C10H21N5/c1-4-5-6-12-8(11)14-9-13-7-10(2,3)15-9/h4-7H2,1-3H3,(H4,11,12,13,14,15). The van der Waals surface area contributed by atoms with E-state index >= 15 is 0 Å². The number of nitrogens with zero attached hydrogens (tertiary/aromatic N) is 2. The van der Waals surface area contributed by atoms with Crippen molar-refractivity contribution in [2.24, 2.45) is 15.7 Å². The molecule has 0 radical (unpaired) electrons. The highest BCUT2D eigenvalue weighted by atomic mass is 15.3. The molecule has 5 nitrogen and oxygen atoms in total. The van der Waals surface area contributed by atoms with Crippen molar-refractivity contribution in [2.45, 2.75) is 39.2 Å². The van der Waals surface area contributed by atoms with Crippen LogP contribution in [0.3, 0.4) is 0 Å². The van der Waals surface area contributed by atoms with Crippen molar-refractivity contribution in [1.82, 2.24) is 10.6 Å². The Morgan fingerprint density at radius 1 is 1.67 bits per heavy atom. The van der Waals surface area contributed by atoms with Gasteiger partial charge in [-0.2, -0.15) is 0 Å². The molecule has 0 aromatic heterocycles. The first kappa shape index (κ1) is 11.8. The summed E-state index contributed by atoms with van der Waals surface area (Å²) >= 11 is 0. The number of unbranched alkanes of at least 4 members (excludes halogenated alkanes) is 1. The molecule has 4 N–H and O–H groups in total. The van der Waals surface area contributed by atoms with Gasteiger partial charge in [-0.1, -0.05) is 13.3 Å². The first-order valence-corrected chi connectivity index (χ1v) is 5.43. The molecule has 0 bridgehead atoms. The van der Waals surface area contributed by atoms with E-state index in [2.05, 4.69) is 41.4 Å². The van der Waals surface area contributed by atoms with Crippen molar-refractivity contribution in [3.63, 3.8) is 0 Å². The smallest absolute Gasteiger partial charge is 0.198 e. The first-order valence-electron chi connectivity index (χ1n) is 5.43. The summed E-state index contributed by atoms with van der Waals surface area (Å²) in [6.07, 6.45) is 2.19. The summed E-state index contributed by atoms with van der Waals surface area (Å²) in [7, 11) is 0. The van der Waals surface area contributed by atoms with Crippen LogP contribution in [0.1, 0.15) is 33.6 Å². The van der Waals surface area contributed by atoms with Crippen LogP contribution in [0.5, 0.6) is 0 Å². The fraction of sp³-hybridized carbons (Fsp3) is 0.800. The summed E-state index contributed by atoms with van der Waals surface area (Å²) in [5.74, 6) is 1.16. The van der Waals surface area contributed by atoms with Gasteiger partial charge < -0.3 is 11.1 Å². The van der Waals surface area contributed by atoms with E-state index in [0.717, 1.165) is 31.9 Å².